The van der Waals surface area contributed by atoms with Gasteiger partial charge >= 0.3 is 12.1 Å². The number of hydrogen-bond acceptors (Lipinski definition) is 12. The molecule has 2 atom stereocenters. The quantitative estimate of drug-likeness (QED) is 0.0277. The number of carbonyl (C=O) groups is 7. The van der Waals surface area contributed by atoms with Gasteiger partial charge in [0.15, 0.2) is 11.5 Å². The minimum absolute atomic E-state index is 0.0729. The first-order valence-corrected chi connectivity index (χ1v) is 24.9. The van der Waals surface area contributed by atoms with Gasteiger partial charge in [0, 0.05) is 60.7 Å². The van der Waals surface area contributed by atoms with Crippen LogP contribution in [0.5, 0.6) is 11.5 Å². The number of urea groups is 1. The lowest BCUT2D eigenvalue weighted by atomic mass is 10.0. The van der Waals surface area contributed by atoms with Gasteiger partial charge in [0.05, 0.1) is 23.6 Å². The summed E-state index contributed by atoms with van der Waals surface area (Å²) >= 11 is 0. The molecule has 1 unspecified atom stereocenters. The Labute approximate surface area is 437 Å². The summed E-state index contributed by atoms with van der Waals surface area (Å²) in [6.45, 7) is 5.23. The van der Waals surface area contributed by atoms with Gasteiger partial charge in [0.1, 0.15) is 36.1 Å². The van der Waals surface area contributed by atoms with E-state index in [4.69, 9.17) is 29.9 Å². The van der Waals surface area contributed by atoms with E-state index in [1.807, 2.05) is 31.2 Å². The van der Waals surface area contributed by atoms with Crippen LogP contribution in [-0.2, 0) is 48.3 Å². The number of unbranched alkanes of at least 4 members (excludes halogenated alkanes) is 2. The molecule has 0 aliphatic carbocycles. The van der Waals surface area contributed by atoms with E-state index in [0.29, 0.717) is 70.5 Å². The number of aromatic nitrogens is 3. The van der Waals surface area contributed by atoms with Crippen molar-refractivity contribution in [2.24, 2.45) is 11.7 Å². The Bertz CT molecular complexity index is 2930. The summed E-state index contributed by atoms with van der Waals surface area (Å²) in [5.41, 5.74) is 8.97. The van der Waals surface area contributed by atoms with Crippen LogP contribution in [0.1, 0.15) is 75.0 Å². The van der Waals surface area contributed by atoms with Crippen LogP contribution in [-0.4, -0.2) is 105 Å². The number of H-pyrrole nitrogens is 1. The van der Waals surface area contributed by atoms with Gasteiger partial charge in [-0.15, -0.1) is 0 Å². The van der Waals surface area contributed by atoms with Gasteiger partial charge in [-0.05, 0) is 105 Å². The number of imidazole rings is 1. The third kappa shape index (κ3) is 15.0. The molecule has 0 saturated heterocycles. The third-order valence-electron chi connectivity index (χ3n) is 12.5. The second-order valence-electron chi connectivity index (χ2n) is 18.5. The summed E-state index contributed by atoms with van der Waals surface area (Å²) in [6.07, 6.45) is 3.39. The number of benzene rings is 3. The Kier molecular flexibility index (Phi) is 18.8. The number of nitrogens with zero attached hydrogens (tertiary/aromatic N) is 4. The van der Waals surface area contributed by atoms with E-state index in [1.165, 1.54) is 23.1 Å². The van der Waals surface area contributed by atoms with Gasteiger partial charge < -0.3 is 51.1 Å². The Morgan fingerprint density at radius 2 is 1.58 bits per heavy atom. The Morgan fingerprint density at radius 1 is 0.855 bits per heavy atom. The molecule has 4 heterocycles. The zero-order chi connectivity index (χ0) is 54.3. The Morgan fingerprint density at radius 3 is 2.29 bits per heavy atom. The Hall–Kier alpha value is -8.69. The highest BCUT2D eigenvalue weighted by atomic mass is 19.1. The molecule has 5 aromatic rings. The maximum Gasteiger partial charge on any atom is 0.410 e. The first kappa shape index (κ1) is 55.1. The first-order chi connectivity index (χ1) is 36.5. The highest BCUT2D eigenvalue weighted by Crippen LogP contribution is 2.38. The van der Waals surface area contributed by atoms with Crippen LogP contribution in [0.25, 0.3) is 22.6 Å². The van der Waals surface area contributed by atoms with Crippen molar-refractivity contribution in [1.29, 1.82) is 0 Å². The molecule has 22 heteroatoms. The van der Waals surface area contributed by atoms with Crippen molar-refractivity contribution in [1.82, 2.24) is 40.7 Å². The molecule has 2 aliphatic heterocycles. The SMILES string of the molecule is Cc1cccc(-c2[nH]c(CN(CCc3c(F)cccc3F)C(=O)OCc3ccc(NC(=O)[C@H](CCCNC(N)=O)NC(=O)C(NC(=O)CCCCCN4C(=O)C=CC4=O)C(C)C)cc3)nc2-c2ccc3c(c2)OCO3)n1. The fraction of sp³-hybridized carbons (Fsp3) is 0.352. The largest absolute Gasteiger partial charge is 0.454 e. The number of primary amides is 1. The smallest absolute Gasteiger partial charge is 0.410 e. The predicted molar refractivity (Wildman–Crippen MR) is 274 cm³/mol. The Balaban J connectivity index is 0.994. The molecule has 0 fully saturated rings. The van der Waals surface area contributed by atoms with Crippen LogP contribution >= 0.6 is 0 Å². The number of aromatic amines is 1. The van der Waals surface area contributed by atoms with E-state index in [1.54, 1.807) is 50.2 Å². The maximum atomic E-state index is 14.9. The van der Waals surface area contributed by atoms with Crippen molar-refractivity contribution >= 4 is 47.3 Å². The minimum Gasteiger partial charge on any atom is -0.454 e. The monoisotopic (exact) mass is 1050 g/mol. The number of rotatable bonds is 25. The summed E-state index contributed by atoms with van der Waals surface area (Å²) in [5.74, 6) is -2.77. The topological polar surface area (TPSA) is 269 Å². The molecule has 3 aromatic carbocycles. The number of nitrogens with one attached hydrogen (secondary N) is 5. The fourth-order valence-electron chi connectivity index (χ4n) is 8.41. The van der Waals surface area contributed by atoms with Crippen LogP contribution in [0.4, 0.5) is 24.1 Å². The lowest BCUT2D eigenvalue weighted by molar-refractivity contribution is -0.137. The van der Waals surface area contributed by atoms with Crippen LogP contribution in [0, 0.1) is 24.5 Å². The molecule has 20 nitrogen and oxygen atoms in total. The van der Waals surface area contributed by atoms with Crippen molar-refractivity contribution in [3.8, 4) is 34.1 Å². The summed E-state index contributed by atoms with van der Waals surface area (Å²) in [4.78, 5) is 105. The summed E-state index contributed by atoms with van der Waals surface area (Å²) in [5, 5.41) is 10.8. The lowest BCUT2D eigenvalue weighted by Gasteiger charge is -2.25. The number of hydrogen-bond donors (Lipinski definition) is 6. The number of amides is 8. The standard InChI is InChI=1S/C54H60F2N10O10/c1-32(2)48(64-45(67)15-5-4-6-26-66-46(68)22-23-47(66)69)52(71)61-41(14-9-25-58-53(57)72)51(70)60-36-19-16-34(17-20-36)30-74-54(73)65(27-24-37-38(55)11-8-12-39(37)56)29-44-62-49(35-18-21-42-43(28-35)76-31-75-42)50(63-44)40-13-7-10-33(3)59-40/h7-8,10-13,16-23,28,32,41,48H,4-6,9,14-15,24-27,29-31H2,1-3H3,(H,60,70)(H,61,71)(H,62,63)(H,64,67)(H3,57,58,72)/t41-,48?/m0/s1. The van der Waals surface area contributed by atoms with Gasteiger partial charge in [-0.3, -0.25) is 33.9 Å². The number of pyridine rings is 1. The van der Waals surface area contributed by atoms with Crippen molar-refractivity contribution in [2.75, 3.05) is 31.7 Å². The number of carbonyl (C=O) groups excluding carboxylic acids is 7. The van der Waals surface area contributed by atoms with E-state index in [-0.39, 0.29) is 94.5 Å². The number of aryl methyl sites for hydroxylation is 1. The number of ether oxygens (including phenoxy) is 3. The van der Waals surface area contributed by atoms with E-state index >= 15 is 0 Å². The third-order valence-corrected chi connectivity index (χ3v) is 12.5. The molecule has 7 N–H and O–H groups in total. The van der Waals surface area contributed by atoms with Gasteiger partial charge in [-0.1, -0.05) is 44.5 Å². The van der Waals surface area contributed by atoms with Crippen molar-refractivity contribution in [3.05, 3.63) is 125 Å². The summed E-state index contributed by atoms with van der Waals surface area (Å²) in [7, 11) is 0. The summed E-state index contributed by atoms with van der Waals surface area (Å²) < 4.78 is 46.6. The molecule has 0 spiro atoms. The van der Waals surface area contributed by atoms with Crippen molar-refractivity contribution in [2.45, 2.75) is 91.0 Å². The van der Waals surface area contributed by atoms with Crippen LogP contribution < -0.4 is 36.5 Å². The van der Waals surface area contributed by atoms with Gasteiger partial charge in [-0.25, -0.2) is 23.4 Å². The molecular weight excluding hydrogens is 987 g/mol. The minimum atomic E-state index is -1.11. The second kappa shape index (κ2) is 26.0. The van der Waals surface area contributed by atoms with Crippen LogP contribution in [0.2, 0.25) is 0 Å². The van der Waals surface area contributed by atoms with Gasteiger partial charge in [0.2, 0.25) is 24.5 Å². The molecule has 0 saturated carbocycles. The molecule has 7 rings (SSSR count). The number of imide groups is 1. The lowest BCUT2D eigenvalue weighted by Crippen LogP contribution is -2.54. The van der Waals surface area contributed by atoms with E-state index < -0.39 is 47.7 Å². The maximum absolute atomic E-state index is 14.9. The fourth-order valence-corrected chi connectivity index (χ4v) is 8.41. The predicted octanol–water partition coefficient (Wildman–Crippen LogP) is 6.33. The highest BCUT2D eigenvalue weighted by Gasteiger charge is 2.30. The molecule has 2 aromatic heterocycles. The van der Waals surface area contributed by atoms with Gasteiger partial charge in [-0.2, -0.15) is 0 Å². The van der Waals surface area contributed by atoms with E-state index in [2.05, 4.69) is 26.3 Å². The van der Waals surface area contributed by atoms with Crippen molar-refractivity contribution in [3.63, 3.8) is 0 Å². The summed E-state index contributed by atoms with van der Waals surface area (Å²) in [6, 6.07) is 18.0. The number of fused-ring (bicyclic) bond motifs is 1. The number of halogens is 2. The zero-order valence-corrected chi connectivity index (χ0v) is 42.3. The number of anilines is 1. The molecule has 76 heavy (non-hydrogen) atoms. The molecular formula is C54H60F2N10O10. The average Bonchev–Trinajstić information content (AvgIpc) is 4.13. The molecule has 2 aliphatic rings. The molecule has 400 valence electrons. The molecule has 0 bridgehead atoms. The first-order valence-electron chi connectivity index (χ1n) is 24.9. The van der Waals surface area contributed by atoms with Gasteiger partial charge in [0.25, 0.3) is 11.8 Å². The van der Waals surface area contributed by atoms with Crippen LogP contribution in [0.15, 0.2) is 91.0 Å². The average molecular weight is 1050 g/mol. The van der Waals surface area contributed by atoms with E-state index in [0.717, 1.165) is 22.7 Å². The van der Waals surface area contributed by atoms with Crippen LogP contribution in [0.3, 0.4) is 0 Å². The van der Waals surface area contributed by atoms with Crippen molar-refractivity contribution < 1.29 is 56.6 Å². The zero-order valence-electron chi connectivity index (χ0n) is 42.3. The van der Waals surface area contributed by atoms with E-state index in [9.17, 15) is 42.3 Å². The normalized spacial score (nSPS) is 13.4. The second-order valence-corrected chi connectivity index (χ2v) is 18.5. The molecule has 0 radical (unpaired) electrons. The number of nitrogens with two attached hydrogens (primary N) is 1. The molecule has 8 amide bonds. The highest BCUT2D eigenvalue weighted by molar-refractivity contribution is 6.12.